The van der Waals surface area contributed by atoms with Crippen molar-refractivity contribution in [2.24, 2.45) is 0 Å². The Kier molecular flexibility index (Phi) is 5.78. The van der Waals surface area contributed by atoms with Crippen molar-refractivity contribution in [2.45, 2.75) is 33.1 Å². The van der Waals surface area contributed by atoms with Gasteiger partial charge in [-0.3, -0.25) is 9.59 Å². The van der Waals surface area contributed by atoms with Crippen LogP contribution in [0, 0.1) is 11.3 Å². The van der Waals surface area contributed by atoms with E-state index in [1.807, 2.05) is 30.3 Å². The van der Waals surface area contributed by atoms with Crippen LogP contribution in [0.25, 0.3) is 0 Å². The molecule has 0 saturated carbocycles. The fourth-order valence-corrected chi connectivity index (χ4v) is 2.68. The Hall–Kier alpha value is -3.13. The van der Waals surface area contributed by atoms with Crippen LogP contribution in [0.4, 0.5) is 11.4 Å². The van der Waals surface area contributed by atoms with Gasteiger partial charge < -0.3 is 10.2 Å². The Morgan fingerprint density at radius 1 is 1.08 bits per heavy atom. The Bertz CT molecular complexity index is 843. The van der Waals surface area contributed by atoms with Gasteiger partial charge in [0.25, 0.3) is 0 Å². The predicted octanol–water partition coefficient (Wildman–Crippen LogP) is 3.85. The van der Waals surface area contributed by atoms with Crippen LogP contribution in [0.5, 0.6) is 0 Å². The lowest BCUT2D eigenvalue weighted by Crippen LogP contribution is -2.37. The normalized spacial score (nSPS) is 10.7. The summed E-state index contributed by atoms with van der Waals surface area (Å²) >= 11 is 0. The number of hydrogen-bond acceptors (Lipinski definition) is 3. The van der Waals surface area contributed by atoms with Gasteiger partial charge >= 0.3 is 0 Å². The van der Waals surface area contributed by atoms with Crippen molar-refractivity contribution < 1.29 is 9.59 Å². The molecule has 0 saturated heterocycles. The molecular weight excluding hydrogens is 326 g/mol. The van der Waals surface area contributed by atoms with E-state index >= 15 is 0 Å². The van der Waals surface area contributed by atoms with E-state index in [0.29, 0.717) is 11.3 Å². The van der Waals surface area contributed by atoms with E-state index in [1.54, 1.807) is 24.3 Å². The Morgan fingerprint density at radius 3 is 2.23 bits per heavy atom. The summed E-state index contributed by atoms with van der Waals surface area (Å²) in [6.07, 6.45) is 0. The highest BCUT2D eigenvalue weighted by Crippen LogP contribution is 2.29. The third kappa shape index (κ3) is 4.70. The first-order valence-corrected chi connectivity index (χ1v) is 8.40. The molecule has 26 heavy (non-hydrogen) atoms. The van der Waals surface area contributed by atoms with E-state index in [0.717, 1.165) is 11.3 Å². The summed E-state index contributed by atoms with van der Waals surface area (Å²) in [6, 6.07) is 16.3. The third-order valence-corrected chi connectivity index (χ3v) is 4.00. The zero-order valence-corrected chi connectivity index (χ0v) is 15.5. The lowest BCUT2D eigenvalue weighted by atomic mass is 9.86. The van der Waals surface area contributed by atoms with Crippen LogP contribution >= 0.6 is 0 Å². The average molecular weight is 349 g/mol. The van der Waals surface area contributed by atoms with Crippen LogP contribution in [0.1, 0.15) is 38.8 Å². The molecule has 0 aliphatic rings. The molecular formula is C21H23N3O2. The number of benzene rings is 2. The van der Waals surface area contributed by atoms with Crippen molar-refractivity contribution in [3.63, 3.8) is 0 Å². The Labute approximate surface area is 154 Å². The zero-order valence-electron chi connectivity index (χ0n) is 15.5. The van der Waals surface area contributed by atoms with Crippen LogP contribution in [0.15, 0.2) is 48.5 Å². The van der Waals surface area contributed by atoms with Crippen molar-refractivity contribution in [1.82, 2.24) is 0 Å². The van der Waals surface area contributed by atoms with Crippen LogP contribution < -0.4 is 10.2 Å². The van der Waals surface area contributed by atoms with Gasteiger partial charge in [0.1, 0.15) is 6.54 Å². The Morgan fingerprint density at radius 2 is 1.69 bits per heavy atom. The number of para-hydroxylation sites is 1. The first-order chi connectivity index (χ1) is 12.2. The van der Waals surface area contributed by atoms with Gasteiger partial charge in [-0.1, -0.05) is 39.0 Å². The first kappa shape index (κ1) is 19.2. The molecule has 1 N–H and O–H groups in total. The maximum Gasteiger partial charge on any atom is 0.244 e. The fourth-order valence-electron chi connectivity index (χ4n) is 2.68. The minimum Gasteiger partial charge on any atom is -0.324 e. The van der Waals surface area contributed by atoms with E-state index in [9.17, 15) is 9.59 Å². The van der Waals surface area contributed by atoms with Crippen LogP contribution in [-0.4, -0.2) is 18.4 Å². The van der Waals surface area contributed by atoms with Gasteiger partial charge in [0.2, 0.25) is 11.8 Å². The van der Waals surface area contributed by atoms with E-state index in [4.69, 9.17) is 5.26 Å². The maximum absolute atomic E-state index is 12.5. The number of nitriles is 1. The van der Waals surface area contributed by atoms with Gasteiger partial charge in [0, 0.05) is 18.3 Å². The van der Waals surface area contributed by atoms with Gasteiger partial charge in [-0.2, -0.15) is 5.26 Å². The molecule has 0 fully saturated rings. The molecule has 0 bridgehead atoms. The highest BCUT2D eigenvalue weighted by atomic mass is 16.2. The second-order valence-corrected chi connectivity index (χ2v) is 7.11. The molecule has 2 rings (SSSR count). The molecule has 2 amide bonds. The number of anilines is 2. The van der Waals surface area contributed by atoms with E-state index < -0.39 is 0 Å². The number of hydrogen-bond donors (Lipinski definition) is 1. The number of carbonyl (C=O) groups excluding carboxylic acids is 2. The molecule has 0 heterocycles. The SMILES string of the molecule is CC(=O)N(CC(=O)Nc1ccccc1C(C)(C)C)c1ccc(C#N)cc1. The van der Waals surface area contributed by atoms with E-state index in [1.165, 1.54) is 11.8 Å². The summed E-state index contributed by atoms with van der Waals surface area (Å²) in [7, 11) is 0. The standard InChI is InChI=1S/C21H23N3O2/c1-15(25)24(17-11-9-16(13-22)10-12-17)14-20(26)23-19-8-6-5-7-18(19)21(2,3)4/h5-12H,14H2,1-4H3,(H,23,26). The molecule has 2 aromatic carbocycles. The summed E-state index contributed by atoms with van der Waals surface area (Å²) < 4.78 is 0. The smallest absolute Gasteiger partial charge is 0.244 e. The molecule has 0 spiro atoms. The number of carbonyl (C=O) groups is 2. The van der Waals surface area contributed by atoms with E-state index in [2.05, 4.69) is 26.1 Å². The van der Waals surface area contributed by atoms with Crippen LogP contribution in [0.3, 0.4) is 0 Å². The number of rotatable bonds is 4. The van der Waals surface area contributed by atoms with Crippen LogP contribution in [0.2, 0.25) is 0 Å². The largest absolute Gasteiger partial charge is 0.324 e. The molecule has 134 valence electrons. The quantitative estimate of drug-likeness (QED) is 0.911. The molecule has 0 radical (unpaired) electrons. The second-order valence-electron chi connectivity index (χ2n) is 7.11. The summed E-state index contributed by atoms with van der Waals surface area (Å²) in [6.45, 7) is 7.55. The van der Waals surface area contributed by atoms with Gasteiger partial charge in [0.05, 0.1) is 11.6 Å². The van der Waals surface area contributed by atoms with Crippen LogP contribution in [-0.2, 0) is 15.0 Å². The number of nitrogens with one attached hydrogen (secondary N) is 1. The molecule has 5 heteroatoms. The second kappa shape index (κ2) is 7.83. The zero-order chi connectivity index (χ0) is 19.3. The molecule has 0 aliphatic heterocycles. The Balaban J connectivity index is 2.19. The molecule has 5 nitrogen and oxygen atoms in total. The summed E-state index contributed by atoms with van der Waals surface area (Å²) in [5.74, 6) is -0.518. The highest BCUT2D eigenvalue weighted by molar-refractivity contribution is 6.02. The van der Waals surface area contributed by atoms with Crippen molar-refractivity contribution in [2.75, 3.05) is 16.8 Å². The number of nitrogens with zero attached hydrogens (tertiary/aromatic N) is 2. The van der Waals surface area contributed by atoms with Gasteiger partial charge in [0.15, 0.2) is 0 Å². The summed E-state index contributed by atoms with van der Waals surface area (Å²) in [4.78, 5) is 25.9. The average Bonchev–Trinajstić information content (AvgIpc) is 2.59. The van der Waals surface area contributed by atoms with Crippen molar-refractivity contribution in [3.8, 4) is 6.07 Å². The van der Waals surface area contributed by atoms with Crippen molar-refractivity contribution >= 4 is 23.2 Å². The van der Waals surface area contributed by atoms with Crippen molar-refractivity contribution in [3.05, 3.63) is 59.7 Å². The molecule has 2 aromatic rings. The van der Waals surface area contributed by atoms with Gasteiger partial charge in [-0.15, -0.1) is 0 Å². The first-order valence-electron chi connectivity index (χ1n) is 8.40. The summed E-state index contributed by atoms with van der Waals surface area (Å²) in [5, 5.41) is 11.8. The predicted molar refractivity (Wildman–Crippen MR) is 103 cm³/mol. The highest BCUT2D eigenvalue weighted by Gasteiger charge is 2.20. The molecule has 0 aromatic heterocycles. The third-order valence-electron chi connectivity index (χ3n) is 4.00. The maximum atomic E-state index is 12.5. The fraction of sp³-hybridized carbons (Fsp3) is 0.286. The van der Waals surface area contributed by atoms with Crippen molar-refractivity contribution in [1.29, 1.82) is 5.26 Å². The summed E-state index contributed by atoms with van der Waals surface area (Å²) in [5.41, 5.74) is 2.74. The van der Waals surface area contributed by atoms with Gasteiger partial charge in [-0.25, -0.2) is 0 Å². The van der Waals surface area contributed by atoms with Gasteiger partial charge in [-0.05, 0) is 41.3 Å². The number of amides is 2. The lowest BCUT2D eigenvalue weighted by Gasteiger charge is -2.24. The molecule has 0 atom stereocenters. The minimum atomic E-state index is -0.277. The minimum absolute atomic E-state index is 0.0975. The molecule has 0 aliphatic carbocycles. The lowest BCUT2D eigenvalue weighted by molar-refractivity contribution is -0.120. The van der Waals surface area contributed by atoms with E-state index in [-0.39, 0.29) is 23.8 Å². The monoisotopic (exact) mass is 349 g/mol. The molecule has 0 unspecified atom stereocenters. The topological polar surface area (TPSA) is 73.2 Å².